The molecule has 0 saturated carbocycles. The van der Waals surface area contributed by atoms with Crippen LogP contribution in [-0.4, -0.2) is 47.1 Å². The first kappa shape index (κ1) is 22.6. The molecule has 2 aromatic rings. The van der Waals surface area contributed by atoms with E-state index in [4.69, 9.17) is 28.9 Å². The average molecular weight is 463 g/mol. The number of benzene rings is 2. The van der Waals surface area contributed by atoms with E-state index in [0.29, 0.717) is 15.6 Å². The molecule has 1 unspecified atom stereocenters. The lowest BCUT2D eigenvalue weighted by Crippen LogP contribution is -2.43. The van der Waals surface area contributed by atoms with Crippen LogP contribution in [0, 0.1) is 0 Å². The Hall–Kier alpha value is -3.10. The van der Waals surface area contributed by atoms with E-state index in [1.807, 2.05) is 0 Å². The van der Waals surface area contributed by atoms with Crippen molar-refractivity contribution < 1.29 is 19.2 Å². The van der Waals surface area contributed by atoms with Gasteiger partial charge < -0.3 is 16.0 Å². The van der Waals surface area contributed by atoms with E-state index in [1.54, 1.807) is 37.4 Å². The highest BCUT2D eigenvalue weighted by Crippen LogP contribution is 2.29. The van der Waals surface area contributed by atoms with Crippen LogP contribution in [0.1, 0.15) is 28.4 Å². The molecule has 3 N–H and O–H groups in total. The fourth-order valence-electron chi connectivity index (χ4n) is 3.28. The number of carbonyl (C=O) groups excluding carboxylic acids is 4. The summed E-state index contributed by atoms with van der Waals surface area (Å²) in [5.41, 5.74) is 5.22. The van der Waals surface area contributed by atoms with Crippen LogP contribution in [0.3, 0.4) is 0 Å². The van der Waals surface area contributed by atoms with E-state index in [1.165, 1.54) is 24.0 Å². The van der Waals surface area contributed by atoms with Crippen molar-refractivity contribution in [3.05, 3.63) is 69.2 Å². The Labute approximate surface area is 188 Å². The average Bonchev–Trinajstić information content (AvgIpc) is 2.94. The maximum Gasteiger partial charge on any atom is 0.325 e. The summed E-state index contributed by atoms with van der Waals surface area (Å²) in [6.45, 7) is 1.29. The zero-order valence-corrected chi connectivity index (χ0v) is 18.3. The molecule has 1 aliphatic rings. The number of hydrogen-bond donors (Lipinski definition) is 2. The number of urea groups is 1. The summed E-state index contributed by atoms with van der Waals surface area (Å²) in [4.78, 5) is 51.9. The van der Waals surface area contributed by atoms with E-state index in [0.717, 1.165) is 10.5 Å². The van der Waals surface area contributed by atoms with Gasteiger partial charge in [-0.15, -0.1) is 0 Å². The van der Waals surface area contributed by atoms with Crippen LogP contribution in [0.15, 0.2) is 42.5 Å². The molecule has 162 valence electrons. The molecule has 1 heterocycles. The van der Waals surface area contributed by atoms with Crippen molar-refractivity contribution in [1.29, 1.82) is 0 Å². The topological polar surface area (TPSA) is 113 Å². The molecule has 1 fully saturated rings. The second-order valence-corrected chi connectivity index (χ2v) is 8.20. The van der Waals surface area contributed by atoms with Crippen molar-refractivity contribution >= 4 is 47.0 Å². The van der Waals surface area contributed by atoms with E-state index in [2.05, 4.69) is 5.32 Å². The summed E-state index contributed by atoms with van der Waals surface area (Å²) in [6, 6.07) is 10.4. The molecule has 0 spiro atoms. The highest BCUT2D eigenvalue weighted by Gasteiger charge is 2.49. The Morgan fingerprint density at radius 3 is 2.48 bits per heavy atom. The molecule has 10 heteroatoms. The van der Waals surface area contributed by atoms with Gasteiger partial charge in [-0.3, -0.25) is 19.3 Å². The minimum atomic E-state index is -1.43. The third kappa shape index (κ3) is 4.50. The zero-order valence-electron chi connectivity index (χ0n) is 16.8. The van der Waals surface area contributed by atoms with Crippen molar-refractivity contribution in [2.24, 2.45) is 5.73 Å². The monoisotopic (exact) mass is 462 g/mol. The van der Waals surface area contributed by atoms with Crippen molar-refractivity contribution in [3.8, 4) is 0 Å². The SMILES string of the molecule is CN(Cc1ccc(Cl)c(Cl)c1)C(=O)CN1C(=O)NC(C)(c2cccc(C(N)=O)c2)C1=O. The molecule has 3 rings (SSSR count). The standard InChI is InChI=1S/C21H20Cl2N4O4/c1-21(14-5-3-4-13(9-14)18(24)29)19(30)27(20(31)25-21)11-17(28)26(2)10-12-6-7-15(22)16(23)8-12/h3-9H,10-11H2,1-2H3,(H2,24,29)(H,25,31). The first-order valence-corrected chi connectivity index (χ1v) is 10.0. The number of nitrogens with zero attached hydrogens (tertiary/aromatic N) is 2. The van der Waals surface area contributed by atoms with Gasteiger partial charge in [-0.25, -0.2) is 4.79 Å². The van der Waals surface area contributed by atoms with Crippen LogP contribution >= 0.6 is 23.2 Å². The first-order chi connectivity index (χ1) is 14.5. The highest BCUT2D eigenvalue weighted by atomic mass is 35.5. The van der Waals surface area contributed by atoms with Gasteiger partial charge in [0.15, 0.2) is 0 Å². The molecule has 0 aromatic heterocycles. The number of nitrogens with one attached hydrogen (secondary N) is 1. The lowest BCUT2D eigenvalue weighted by atomic mass is 9.90. The highest BCUT2D eigenvalue weighted by molar-refractivity contribution is 6.42. The lowest BCUT2D eigenvalue weighted by molar-refractivity contribution is -0.138. The Morgan fingerprint density at radius 2 is 1.84 bits per heavy atom. The summed E-state index contributed by atoms with van der Waals surface area (Å²) >= 11 is 11.9. The van der Waals surface area contributed by atoms with Crippen molar-refractivity contribution in [3.63, 3.8) is 0 Å². The smallest absolute Gasteiger partial charge is 0.325 e. The van der Waals surface area contributed by atoms with Crippen LogP contribution in [0.4, 0.5) is 4.79 Å². The minimum absolute atomic E-state index is 0.205. The molecule has 1 saturated heterocycles. The van der Waals surface area contributed by atoms with Gasteiger partial charge in [0.05, 0.1) is 10.0 Å². The Morgan fingerprint density at radius 1 is 1.13 bits per heavy atom. The van der Waals surface area contributed by atoms with Crippen molar-refractivity contribution in [1.82, 2.24) is 15.1 Å². The number of halogens is 2. The second-order valence-electron chi connectivity index (χ2n) is 7.39. The molecule has 1 aliphatic heterocycles. The lowest BCUT2D eigenvalue weighted by Gasteiger charge is -2.23. The van der Waals surface area contributed by atoms with E-state index >= 15 is 0 Å². The second kappa shape index (κ2) is 8.56. The Balaban J connectivity index is 1.74. The molecule has 0 radical (unpaired) electrons. The molecule has 5 amide bonds. The van der Waals surface area contributed by atoms with Gasteiger partial charge in [0, 0.05) is 19.2 Å². The predicted octanol–water partition coefficient (Wildman–Crippen LogP) is 2.52. The quantitative estimate of drug-likeness (QED) is 0.641. The number of hydrogen-bond acceptors (Lipinski definition) is 4. The third-order valence-corrected chi connectivity index (χ3v) is 5.86. The fourth-order valence-corrected chi connectivity index (χ4v) is 3.60. The minimum Gasteiger partial charge on any atom is -0.366 e. The van der Waals surface area contributed by atoms with Gasteiger partial charge in [-0.1, -0.05) is 41.4 Å². The number of primary amides is 1. The van der Waals surface area contributed by atoms with Crippen LogP contribution in [-0.2, 0) is 21.7 Å². The predicted molar refractivity (Wildman–Crippen MR) is 115 cm³/mol. The van der Waals surface area contributed by atoms with Gasteiger partial charge in [0.2, 0.25) is 11.8 Å². The Kier molecular flexibility index (Phi) is 6.24. The normalized spacial score (nSPS) is 18.1. The van der Waals surface area contributed by atoms with Crippen molar-refractivity contribution in [2.45, 2.75) is 19.0 Å². The number of amides is 5. The van der Waals surface area contributed by atoms with Crippen molar-refractivity contribution in [2.75, 3.05) is 13.6 Å². The van der Waals surface area contributed by atoms with E-state index < -0.39 is 35.8 Å². The molecule has 0 aliphatic carbocycles. The Bertz CT molecular complexity index is 1090. The molecule has 8 nitrogen and oxygen atoms in total. The molecule has 1 atom stereocenters. The summed E-state index contributed by atoms with van der Waals surface area (Å²) in [5, 5.41) is 3.37. The van der Waals surface area contributed by atoms with E-state index in [-0.39, 0.29) is 12.1 Å². The summed E-state index contributed by atoms with van der Waals surface area (Å²) < 4.78 is 0. The van der Waals surface area contributed by atoms with Crippen LogP contribution in [0.25, 0.3) is 0 Å². The number of imide groups is 1. The fraction of sp³-hybridized carbons (Fsp3) is 0.238. The number of rotatable bonds is 6. The number of carbonyl (C=O) groups is 4. The van der Waals surface area contributed by atoms with Gasteiger partial charge in [-0.05, 0) is 42.3 Å². The van der Waals surface area contributed by atoms with Gasteiger partial charge in [0.1, 0.15) is 12.1 Å². The molecular weight excluding hydrogens is 443 g/mol. The molecule has 2 aromatic carbocycles. The zero-order chi connectivity index (χ0) is 22.9. The van der Waals surface area contributed by atoms with Gasteiger partial charge in [-0.2, -0.15) is 0 Å². The van der Waals surface area contributed by atoms with Crippen LogP contribution < -0.4 is 11.1 Å². The maximum atomic E-state index is 13.0. The summed E-state index contributed by atoms with van der Waals surface area (Å²) in [7, 11) is 1.55. The molecular formula is C21H20Cl2N4O4. The van der Waals surface area contributed by atoms with Gasteiger partial charge >= 0.3 is 6.03 Å². The van der Waals surface area contributed by atoms with Crippen LogP contribution in [0.5, 0.6) is 0 Å². The maximum absolute atomic E-state index is 13.0. The third-order valence-electron chi connectivity index (χ3n) is 5.12. The largest absolute Gasteiger partial charge is 0.366 e. The first-order valence-electron chi connectivity index (χ1n) is 9.25. The van der Waals surface area contributed by atoms with E-state index in [9.17, 15) is 19.2 Å². The molecule has 31 heavy (non-hydrogen) atoms. The number of nitrogens with two attached hydrogens (primary N) is 1. The van der Waals surface area contributed by atoms with Crippen LogP contribution in [0.2, 0.25) is 10.0 Å². The molecule has 0 bridgehead atoms. The number of likely N-dealkylation sites (N-methyl/N-ethyl adjacent to an activating group) is 1. The summed E-state index contributed by atoms with van der Waals surface area (Å²) in [6.07, 6.45) is 0. The summed E-state index contributed by atoms with van der Waals surface area (Å²) in [5.74, 6) is -1.70. The van der Waals surface area contributed by atoms with Gasteiger partial charge in [0.25, 0.3) is 5.91 Å².